The molecule has 1 aliphatic rings. The Bertz CT molecular complexity index is 516. The highest BCUT2D eigenvalue weighted by Gasteiger charge is 2.19. The fourth-order valence-corrected chi connectivity index (χ4v) is 2.84. The molecule has 0 spiro atoms. The molecule has 1 aromatic rings. The van der Waals surface area contributed by atoms with Gasteiger partial charge in [0.1, 0.15) is 12.1 Å². The third-order valence-corrected chi connectivity index (χ3v) is 4.01. The van der Waals surface area contributed by atoms with Crippen molar-refractivity contribution in [2.75, 3.05) is 5.32 Å². The Morgan fingerprint density at radius 2 is 1.79 bits per heavy atom. The molecule has 3 nitrogen and oxygen atoms in total. The Labute approximate surface area is 114 Å². The van der Waals surface area contributed by atoms with Crippen LogP contribution in [0.2, 0.25) is 0 Å². The maximum absolute atomic E-state index is 9.03. The van der Waals surface area contributed by atoms with Gasteiger partial charge < -0.3 is 5.32 Å². The summed E-state index contributed by atoms with van der Waals surface area (Å²) >= 11 is 0. The number of rotatable bonds is 3. The summed E-state index contributed by atoms with van der Waals surface area (Å²) in [6.45, 7) is 2.21. The largest absolute Gasteiger partial charge is 0.382 e. The second-order valence-corrected chi connectivity index (χ2v) is 5.32. The minimum atomic E-state index is 0.416. The lowest BCUT2D eigenvalue weighted by molar-refractivity contribution is 0.328. The lowest BCUT2D eigenvalue weighted by atomic mass is 9.84. The Morgan fingerprint density at radius 3 is 2.42 bits per heavy atom. The van der Waals surface area contributed by atoms with Crippen LogP contribution in [0.25, 0.3) is 0 Å². The van der Waals surface area contributed by atoms with Crippen LogP contribution < -0.4 is 5.32 Å². The van der Waals surface area contributed by atoms with Crippen LogP contribution in [-0.2, 0) is 0 Å². The van der Waals surface area contributed by atoms with Crippen molar-refractivity contribution in [3.8, 4) is 12.1 Å². The van der Waals surface area contributed by atoms with E-state index in [1.54, 1.807) is 12.1 Å². The number of nitrogens with zero attached hydrogens (tertiary/aromatic N) is 2. The van der Waals surface area contributed by atoms with Gasteiger partial charge in [0.05, 0.1) is 11.1 Å². The maximum Gasteiger partial charge on any atom is 0.101 e. The molecule has 2 rings (SSSR count). The van der Waals surface area contributed by atoms with Crippen LogP contribution in [0.1, 0.15) is 50.2 Å². The first kappa shape index (κ1) is 13.4. The molecule has 0 amide bonds. The average Bonchev–Trinajstić information content (AvgIpc) is 2.48. The summed E-state index contributed by atoms with van der Waals surface area (Å²) in [6.07, 6.45) is 6.59. The molecular formula is C16H19N3. The number of hydrogen-bond donors (Lipinski definition) is 1. The molecule has 0 aliphatic heterocycles. The topological polar surface area (TPSA) is 59.6 Å². The number of nitriles is 2. The predicted octanol–water partition coefficient (Wildman–Crippen LogP) is 3.81. The molecule has 1 N–H and O–H groups in total. The molecule has 0 aromatic heterocycles. The zero-order chi connectivity index (χ0) is 13.7. The van der Waals surface area contributed by atoms with Crippen molar-refractivity contribution in [2.45, 2.75) is 45.1 Å². The first-order chi connectivity index (χ1) is 9.24. The molecule has 1 atom stereocenters. The number of anilines is 1. The Kier molecular flexibility index (Phi) is 4.42. The van der Waals surface area contributed by atoms with Crippen molar-refractivity contribution in [3.63, 3.8) is 0 Å². The van der Waals surface area contributed by atoms with E-state index in [1.165, 1.54) is 32.1 Å². The zero-order valence-electron chi connectivity index (χ0n) is 11.3. The van der Waals surface area contributed by atoms with Gasteiger partial charge in [0.2, 0.25) is 0 Å². The molecule has 0 heterocycles. The SMILES string of the molecule is CC(Nc1ccc(C#N)c(C#N)c1)C1CCCCC1. The third kappa shape index (κ3) is 3.26. The van der Waals surface area contributed by atoms with Crippen molar-refractivity contribution in [1.29, 1.82) is 10.5 Å². The molecule has 0 saturated heterocycles. The highest BCUT2D eigenvalue weighted by molar-refractivity contribution is 5.56. The number of benzene rings is 1. The van der Waals surface area contributed by atoms with Gasteiger partial charge in [-0.15, -0.1) is 0 Å². The Morgan fingerprint density at radius 1 is 1.11 bits per heavy atom. The summed E-state index contributed by atoms with van der Waals surface area (Å²) in [7, 11) is 0. The van der Waals surface area contributed by atoms with Crippen LogP contribution in [0.5, 0.6) is 0 Å². The van der Waals surface area contributed by atoms with Crippen molar-refractivity contribution < 1.29 is 0 Å². The summed E-state index contributed by atoms with van der Waals surface area (Å²) < 4.78 is 0. The van der Waals surface area contributed by atoms with Crippen molar-refractivity contribution in [1.82, 2.24) is 0 Å². The summed E-state index contributed by atoms with van der Waals surface area (Å²) in [5.41, 5.74) is 1.83. The highest BCUT2D eigenvalue weighted by atomic mass is 14.9. The fraction of sp³-hybridized carbons (Fsp3) is 0.500. The monoisotopic (exact) mass is 253 g/mol. The Hall–Kier alpha value is -2.00. The lowest BCUT2D eigenvalue weighted by Crippen LogP contribution is -2.27. The Balaban J connectivity index is 2.07. The van der Waals surface area contributed by atoms with Crippen LogP contribution in [0.15, 0.2) is 18.2 Å². The van der Waals surface area contributed by atoms with Gasteiger partial charge in [-0.2, -0.15) is 10.5 Å². The van der Waals surface area contributed by atoms with E-state index in [-0.39, 0.29) is 0 Å². The summed E-state index contributed by atoms with van der Waals surface area (Å²) in [5.74, 6) is 0.718. The normalized spacial score (nSPS) is 17.2. The zero-order valence-corrected chi connectivity index (χ0v) is 11.3. The van der Waals surface area contributed by atoms with Crippen molar-refractivity contribution in [3.05, 3.63) is 29.3 Å². The highest BCUT2D eigenvalue weighted by Crippen LogP contribution is 2.28. The number of nitrogens with one attached hydrogen (secondary N) is 1. The first-order valence-corrected chi connectivity index (χ1v) is 6.95. The van der Waals surface area contributed by atoms with Crippen LogP contribution in [0.4, 0.5) is 5.69 Å². The first-order valence-electron chi connectivity index (χ1n) is 6.95. The van der Waals surface area contributed by atoms with Crippen LogP contribution in [0.3, 0.4) is 0 Å². The standard InChI is InChI=1S/C16H19N3/c1-12(13-5-3-2-4-6-13)19-16-8-7-14(10-17)15(9-16)11-18/h7-9,12-13,19H,2-6H2,1H3. The van der Waals surface area contributed by atoms with Gasteiger partial charge in [0.15, 0.2) is 0 Å². The van der Waals surface area contributed by atoms with E-state index in [4.69, 9.17) is 10.5 Å². The molecule has 19 heavy (non-hydrogen) atoms. The van der Waals surface area contributed by atoms with Crippen molar-refractivity contribution in [2.24, 2.45) is 5.92 Å². The second kappa shape index (κ2) is 6.25. The van der Waals surface area contributed by atoms with E-state index >= 15 is 0 Å². The predicted molar refractivity (Wildman–Crippen MR) is 75.5 cm³/mol. The molecule has 1 aliphatic carbocycles. The molecule has 1 unspecified atom stereocenters. The van der Waals surface area contributed by atoms with Crippen molar-refractivity contribution >= 4 is 5.69 Å². The molecule has 1 aromatic carbocycles. The minimum Gasteiger partial charge on any atom is -0.382 e. The quantitative estimate of drug-likeness (QED) is 0.891. The molecule has 0 radical (unpaired) electrons. The van der Waals surface area contributed by atoms with E-state index in [2.05, 4.69) is 18.3 Å². The minimum absolute atomic E-state index is 0.416. The fourth-order valence-electron chi connectivity index (χ4n) is 2.84. The van der Waals surface area contributed by atoms with Gasteiger partial charge in [-0.05, 0) is 43.9 Å². The molecule has 1 saturated carbocycles. The maximum atomic E-state index is 9.03. The van der Waals surface area contributed by atoms with Gasteiger partial charge in [0.25, 0.3) is 0 Å². The molecular weight excluding hydrogens is 234 g/mol. The van der Waals surface area contributed by atoms with Gasteiger partial charge in [0, 0.05) is 11.7 Å². The third-order valence-electron chi connectivity index (χ3n) is 4.01. The second-order valence-electron chi connectivity index (χ2n) is 5.32. The molecule has 0 bridgehead atoms. The van der Waals surface area contributed by atoms with Gasteiger partial charge in [-0.3, -0.25) is 0 Å². The van der Waals surface area contributed by atoms with Gasteiger partial charge in [-0.25, -0.2) is 0 Å². The summed E-state index contributed by atoms with van der Waals surface area (Å²) in [6, 6.07) is 9.91. The molecule has 98 valence electrons. The summed E-state index contributed by atoms with van der Waals surface area (Å²) in [4.78, 5) is 0. The van der Waals surface area contributed by atoms with Gasteiger partial charge >= 0.3 is 0 Å². The van der Waals surface area contributed by atoms with E-state index < -0.39 is 0 Å². The van der Waals surface area contributed by atoms with Crippen LogP contribution in [0, 0.1) is 28.6 Å². The molecule has 3 heteroatoms. The van der Waals surface area contributed by atoms with Crippen LogP contribution >= 0.6 is 0 Å². The smallest absolute Gasteiger partial charge is 0.101 e. The lowest BCUT2D eigenvalue weighted by Gasteiger charge is -2.29. The van der Waals surface area contributed by atoms with E-state index in [0.29, 0.717) is 17.2 Å². The molecule has 1 fully saturated rings. The van der Waals surface area contributed by atoms with Crippen LogP contribution in [-0.4, -0.2) is 6.04 Å². The van der Waals surface area contributed by atoms with E-state index in [1.807, 2.05) is 12.1 Å². The average molecular weight is 253 g/mol. The van der Waals surface area contributed by atoms with E-state index in [9.17, 15) is 0 Å². The summed E-state index contributed by atoms with van der Waals surface area (Å²) in [5, 5.41) is 21.4. The van der Waals surface area contributed by atoms with E-state index in [0.717, 1.165) is 11.6 Å². The van der Waals surface area contributed by atoms with Gasteiger partial charge in [-0.1, -0.05) is 19.3 Å². The number of hydrogen-bond acceptors (Lipinski definition) is 3.